The zero-order chi connectivity index (χ0) is 16.4. The third-order valence-corrected chi connectivity index (χ3v) is 3.85. The van der Waals surface area contributed by atoms with Crippen molar-refractivity contribution in [3.8, 4) is 0 Å². The van der Waals surface area contributed by atoms with Gasteiger partial charge in [-0.25, -0.2) is 0 Å². The Morgan fingerprint density at radius 3 is 2.74 bits per heavy atom. The second kappa shape index (κ2) is 6.04. The molecule has 2 amide bonds. The predicted molar refractivity (Wildman–Crippen MR) is 84.7 cm³/mol. The van der Waals surface area contributed by atoms with Crippen molar-refractivity contribution in [1.82, 2.24) is 19.9 Å². The third kappa shape index (κ3) is 2.98. The van der Waals surface area contributed by atoms with Gasteiger partial charge in [0, 0.05) is 31.3 Å². The molecule has 1 N–H and O–H groups in total. The normalized spacial score (nSPS) is 13.3. The minimum absolute atomic E-state index is 0.0529. The molecule has 0 saturated carbocycles. The van der Waals surface area contributed by atoms with Crippen LogP contribution in [-0.4, -0.2) is 38.3 Å². The van der Waals surface area contributed by atoms with Gasteiger partial charge >= 0.3 is 0 Å². The lowest BCUT2D eigenvalue weighted by molar-refractivity contribution is -0.111. The smallest absolute Gasteiger partial charge is 0.254 e. The van der Waals surface area contributed by atoms with Crippen molar-refractivity contribution in [2.45, 2.75) is 13.0 Å². The topological polar surface area (TPSA) is 80.1 Å². The molecule has 1 aromatic heterocycles. The van der Waals surface area contributed by atoms with E-state index in [1.807, 2.05) is 7.05 Å². The van der Waals surface area contributed by atoms with Crippen LogP contribution in [0.3, 0.4) is 0 Å². The molecule has 2 heterocycles. The number of carbonyl (C=O) groups excluding carboxylic acids is 2. The van der Waals surface area contributed by atoms with Gasteiger partial charge in [0.25, 0.3) is 5.91 Å². The van der Waals surface area contributed by atoms with Crippen molar-refractivity contribution in [3.63, 3.8) is 0 Å². The highest BCUT2D eigenvalue weighted by atomic mass is 16.2. The summed E-state index contributed by atoms with van der Waals surface area (Å²) in [6.45, 7) is 4.51. The maximum absolute atomic E-state index is 12.6. The Morgan fingerprint density at radius 1 is 1.30 bits per heavy atom. The van der Waals surface area contributed by atoms with E-state index in [9.17, 15) is 9.59 Å². The van der Waals surface area contributed by atoms with Crippen LogP contribution in [-0.2, 0) is 24.8 Å². The lowest BCUT2D eigenvalue weighted by Crippen LogP contribution is -2.36. The van der Waals surface area contributed by atoms with Crippen molar-refractivity contribution in [2.24, 2.45) is 7.05 Å². The zero-order valence-corrected chi connectivity index (χ0v) is 12.8. The fourth-order valence-corrected chi connectivity index (χ4v) is 2.59. The summed E-state index contributed by atoms with van der Waals surface area (Å²) >= 11 is 0. The minimum Gasteiger partial charge on any atom is -0.332 e. The van der Waals surface area contributed by atoms with Crippen molar-refractivity contribution >= 4 is 17.5 Å². The number of fused-ring (bicyclic) bond motifs is 1. The molecule has 1 aliphatic rings. The third-order valence-electron chi connectivity index (χ3n) is 3.85. The minimum atomic E-state index is -0.282. The average Bonchev–Trinajstić information content (AvgIpc) is 2.95. The van der Waals surface area contributed by atoms with Gasteiger partial charge in [0.1, 0.15) is 5.69 Å². The number of amides is 2. The van der Waals surface area contributed by atoms with Gasteiger partial charge < -0.3 is 10.2 Å². The van der Waals surface area contributed by atoms with E-state index in [4.69, 9.17) is 0 Å². The molecule has 7 heteroatoms. The van der Waals surface area contributed by atoms with Crippen LogP contribution in [0.4, 0.5) is 5.69 Å². The fourth-order valence-electron chi connectivity index (χ4n) is 2.59. The van der Waals surface area contributed by atoms with E-state index in [1.165, 1.54) is 6.08 Å². The maximum atomic E-state index is 12.6. The summed E-state index contributed by atoms with van der Waals surface area (Å²) in [5.41, 5.74) is 3.13. The molecule has 118 valence electrons. The molecule has 7 nitrogen and oxygen atoms in total. The van der Waals surface area contributed by atoms with Gasteiger partial charge in [-0.1, -0.05) is 11.8 Å². The molecule has 0 spiro atoms. The highest BCUT2D eigenvalue weighted by Crippen LogP contribution is 2.19. The highest BCUT2D eigenvalue weighted by molar-refractivity contribution is 5.99. The lowest BCUT2D eigenvalue weighted by Gasteiger charge is -2.26. The average molecular weight is 311 g/mol. The molecule has 2 aromatic rings. The van der Waals surface area contributed by atoms with Gasteiger partial charge in [-0.3, -0.25) is 14.3 Å². The van der Waals surface area contributed by atoms with Crippen molar-refractivity contribution in [2.75, 3.05) is 11.9 Å². The van der Waals surface area contributed by atoms with Gasteiger partial charge in [-0.05, 0) is 30.3 Å². The zero-order valence-electron chi connectivity index (χ0n) is 12.8. The Labute approximate surface area is 133 Å². The Balaban J connectivity index is 1.71. The molecule has 1 aliphatic heterocycles. The van der Waals surface area contributed by atoms with Gasteiger partial charge in [0.05, 0.1) is 12.2 Å². The number of carbonyl (C=O) groups is 2. The molecule has 0 unspecified atom stereocenters. The standard InChI is InChI=1S/C16H17N5O2/c1-3-15(22)17-12-6-4-11(5-7-12)16(23)21-9-8-14-13(10-21)18-19-20(14)2/h3-7H,1,8-10H2,2H3,(H,17,22). The summed E-state index contributed by atoms with van der Waals surface area (Å²) in [6.07, 6.45) is 1.95. The Hall–Kier alpha value is -2.96. The van der Waals surface area contributed by atoms with Crippen LogP contribution in [0.1, 0.15) is 21.7 Å². The summed E-state index contributed by atoms with van der Waals surface area (Å²) in [5, 5.41) is 10.7. The van der Waals surface area contributed by atoms with E-state index >= 15 is 0 Å². The number of rotatable bonds is 3. The number of hydrogen-bond acceptors (Lipinski definition) is 4. The number of nitrogens with one attached hydrogen (secondary N) is 1. The molecule has 1 aromatic carbocycles. The number of hydrogen-bond donors (Lipinski definition) is 1. The van der Waals surface area contributed by atoms with Gasteiger partial charge in [-0.2, -0.15) is 0 Å². The Morgan fingerprint density at radius 2 is 2.04 bits per heavy atom. The predicted octanol–water partition coefficient (Wildman–Crippen LogP) is 1.14. The molecular weight excluding hydrogens is 294 g/mol. The largest absolute Gasteiger partial charge is 0.332 e. The van der Waals surface area contributed by atoms with Crippen LogP contribution in [0.2, 0.25) is 0 Å². The second-order valence-corrected chi connectivity index (χ2v) is 5.35. The summed E-state index contributed by atoms with van der Waals surface area (Å²) in [4.78, 5) is 25.6. The van der Waals surface area contributed by atoms with Crippen LogP contribution in [0, 0.1) is 0 Å². The Bertz CT molecular complexity index is 763. The van der Waals surface area contributed by atoms with Crippen molar-refractivity contribution < 1.29 is 9.59 Å². The quantitative estimate of drug-likeness (QED) is 0.862. The molecule has 0 bridgehead atoms. The van der Waals surface area contributed by atoms with Gasteiger partial charge in [0.15, 0.2) is 0 Å². The molecule has 0 aliphatic carbocycles. The van der Waals surface area contributed by atoms with Crippen LogP contribution < -0.4 is 5.32 Å². The summed E-state index contributed by atoms with van der Waals surface area (Å²) in [7, 11) is 1.86. The molecule has 0 fully saturated rings. The van der Waals surface area contributed by atoms with Crippen molar-refractivity contribution in [1.29, 1.82) is 0 Å². The number of aromatic nitrogens is 3. The van der Waals surface area contributed by atoms with Crippen LogP contribution >= 0.6 is 0 Å². The first-order valence-corrected chi connectivity index (χ1v) is 7.28. The molecule has 0 radical (unpaired) electrons. The number of anilines is 1. The molecular formula is C16H17N5O2. The van der Waals surface area contributed by atoms with E-state index < -0.39 is 0 Å². The second-order valence-electron chi connectivity index (χ2n) is 5.35. The van der Waals surface area contributed by atoms with Crippen LogP contribution in [0.25, 0.3) is 0 Å². The molecule has 23 heavy (non-hydrogen) atoms. The summed E-state index contributed by atoms with van der Waals surface area (Å²) in [6, 6.07) is 6.80. The monoisotopic (exact) mass is 311 g/mol. The lowest BCUT2D eigenvalue weighted by atomic mass is 10.1. The molecule has 3 rings (SSSR count). The first kappa shape index (κ1) is 15.0. The highest BCUT2D eigenvalue weighted by Gasteiger charge is 2.25. The van der Waals surface area contributed by atoms with E-state index in [0.29, 0.717) is 24.3 Å². The summed E-state index contributed by atoms with van der Waals surface area (Å²) < 4.78 is 1.76. The number of aryl methyl sites for hydroxylation is 1. The SMILES string of the molecule is C=CC(=O)Nc1ccc(C(=O)N2CCc3c(nnn3C)C2)cc1. The van der Waals surface area contributed by atoms with E-state index in [1.54, 1.807) is 33.8 Å². The molecule has 0 saturated heterocycles. The first-order valence-electron chi connectivity index (χ1n) is 7.28. The van der Waals surface area contributed by atoms with E-state index in [0.717, 1.165) is 17.8 Å². The van der Waals surface area contributed by atoms with Crippen LogP contribution in [0.15, 0.2) is 36.9 Å². The van der Waals surface area contributed by atoms with E-state index in [2.05, 4.69) is 22.2 Å². The number of benzene rings is 1. The fraction of sp³-hybridized carbons (Fsp3) is 0.250. The number of nitrogens with zero attached hydrogens (tertiary/aromatic N) is 4. The van der Waals surface area contributed by atoms with Gasteiger partial charge in [-0.15, -0.1) is 5.10 Å². The maximum Gasteiger partial charge on any atom is 0.254 e. The van der Waals surface area contributed by atoms with E-state index in [-0.39, 0.29) is 11.8 Å². The van der Waals surface area contributed by atoms with Crippen molar-refractivity contribution in [3.05, 3.63) is 53.9 Å². The van der Waals surface area contributed by atoms with Crippen LogP contribution in [0.5, 0.6) is 0 Å². The Kier molecular flexibility index (Phi) is 3.92. The molecule has 0 atom stereocenters. The summed E-state index contributed by atoms with van der Waals surface area (Å²) in [5.74, 6) is -0.335. The van der Waals surface area contributed by atoms with Gasteiger partial charge in [0.2, 0.25) is 5.91 Å². The first-order chi connectivity index (χ1) is 11.1.